The molecule has 2 aromatic carbocycles. The number of carbonyl (C=O) groups excluding carboxylic acids is 2. The SMILES string of the molecule is CCC(C)OC(=O)c1ccc(C(c2cccc(C(=O)OC(C)CC)c2)(C(F)(F)F)C(F)(F)F)cc1. The predicted molar refractivity (Wildman–Crippen MR) is 116 cm³/mol. The highest BCUT2D eigenvalue weighted by Crippen LogP contribution is 2.56. The normalized spacial score (nSPS) is 14.2. The summed E-state index contributed by atoms with van der Waals surface area (Å²) in [5.41, 5.74) is -7.48. The van der Waals surface area contributed by atoms with E-state index in [2.05, 4.69) is 0 Å². The Hall–Kier alpha value is -3.04. The molecule has 0 spiro atoms. The second kappa shape index (κ2) is 10.7. The standard InChI is InChI=1S/C25H26F6O4/c1-5-15(3)34-21(32)17-10-12-19(13-11-17)23(24(26,27)28,25(29,30)31)20-9-7-8-18(14-20)22(33)35-16(4)6-2/h7-16H,5-6H2,1-4H3. The summed E-state index contributed by atoms with van der Waals surface area (Å²) in [4.78, 5) is 24.5. The Morgan fingerprint density at radius 2 is 1.17 bits per heavy atom. The quantitative estimate of drug-likeness (QED) is 0.287. The van der Waals surface area contributed by atoms with Crippen LogP contribution in [-0.4, -0.2) is 36.5 Å². The van der Waals surface area contributed by atoms with Gasteiger partial charge in [-0.2, -0.15) is 26.3 Å². The zero-order valence-corrected chi connectivity index (χ0v) is 19.6. The Bertz CT molecular complexity index is 1010. The molecule has 0 saturated carbocycles. The zero-order chi connectivity index (χ0) is 26.6. The van der Waals surface area contributed by atoms with Gasteiger partial charge in [-0.15, -0.1) is 0 Å². The van der Waals surface area contributed by atoms with E-state index >= 15 is 0 Å². The fourth-order valence-corrected chi connectivity index (χ4v) is 3.39. The first-order valence-corrected chi connectivity index (χ1v) is 10.9. The van der Waals surface area contributed by atoms with Gasteiger partial charge in [0.2, 0.25) is 5.41 Å². The second-order valence-electron chi connectivity index (χ2n) is 8.15. The Morgan fingerprint density at radius 3 is 1.60 bits per heavy atom. The van der Waals surface area contributed by atoms with Gasteiger partial charge >= 0.3 is 24.3 Å². The maximum absolute atomic E-state index is 14.4. The van der Waals surface area contributed by atoms with E-state index in [0.29, 0.717) is 37.1 Å². The van der Waals surface area contributed by atoms with E-state index in [4.69, 9.17) is 9.47 Å². The minimum Gasteiger partial charge on any atom is -0.459 e. The third-order valence-electron chi connectivity index (χ3n) is 5.70. The molecule has 2 rings (SSSR count). The minimum atomic E-state index is -5.84. The van der Waals surface area contributed by atoms with E-state index in [9.17, 15) is 35.9 Å². The first-order chi connectivity index (χ1) is 16.2. The summed E-state index contributed by atoms with van der Waals surface area (Å²) >= 11 is 0. The number of carbonyl (C=O) groups is 2. The molecule has 0 aliphatic rings. The Kier molecular flexibility index (Phi) is 8.62. The van der Waals surface area contributed by atoms with E-state index in [1.807, 2.05) is 0 Å². The van der Waals surface area contributed by atoms with E-state index in [1.165, 1.54) is 0 Å². The topological polar surface area (TPSA) is 52.6 Å². The van der Waals surface area contributed by atoms with Gasteiger partial charge in [-0.1, -0.05) is 38.1 Å². The molecule has 2 atom stereocenters. The van der Waals surface area contributed by atoms with Crippen LogP contribution in [0.4, 0.5) is 26.3 Å². The van der Waals surface area contributed by atoms with Gasteiger partial charge in [0.15, 0.2) is 0 Å². The van der Waals surface area contributed by atoms with Crippen LogP contribution in [0.15, 0.2) is 48.5 Å². The number of hydrogen-bond acceptors (Lipinski definition) is 4. The summed E-state index contributed by atoms with van der Waals surface area (Å²) in [5, 5.41) is 0. The molecule has 2 unspecified atom stereocenters. The molecule has 192 valence electrons. The number of rotatable bonds is 8. The highest BCUT2D eigenvalue weighted by atomic mass is 19.4. The van der Waals surface area contributed by atoms with Crippen molar-refractivity contribution in [1.29, 1.82) is 0 Å². The number of benzene rings is 2. The van der Waals surface area contributed by atoms with Gasteiger partial charge in [0.25, 0.3) is 0 Å². The molecule has 0 aromatic heterocycles. The van der Waals surface area contributed by atoms with Gasteiger partial charge in [-0.3, -0.25) is 0 Å². The summed E-state index contributed by atoms with van der Waals surface area (Å²) in [7, 11) is 0. The first-order valence-electron chi connectivity index (χ1n) is 10.9. The molecule has 0 saturated heterocycles. The zero-order valence-electron chi connectivity index (χ0n) is 19.6. The molecule has 0 fully saturated rings. The number of halogens is 6. The molecule has 0 aliphatic carbocycles. The average molecular weight is 504 g/mol. The van der Waals surface area contributed by atoms with Crippen LogP contribution in [0.1, 0.15) is 72.4 Å². The minimum absolute atomic E-state index is 0.196. The van der Waals surface area contributed by atoms with Crippen molar-refractivity contribution in [2.75, 3.05) is 0 Å². The summed E-state index contributed by atoms with van der Waals surface area (Å²) in [5.74, 6) is -1.91. The summed E-state index contributed by atoms with van der Waals surface area (Å²) in [6.07, 6.45) is -11.9. The number of alkyl halides is 6. The van der Waals surface area contributed by atoms with Gasteiger partial charge in [0.1, 0.15) is 0 Å². The molecule has 0 aliphatic heterocycles. The lowest BCUT2D eigenvalue weighted by Crippen LogP contribution is -2.54. The third-order valence-corrected chi connectivity index (χ3v) is 5.70. The number of hydrogen-bond donors (Lipinski definition) is 0. The van der Waals surface area contributed by atoms with E-state index < -0.39 is 58.6 Å². The van der Waals surface area contributed by atoms with Crippen molar-refractivity contribution in [3.05, 3.63) is 70.8 Å². The van der Waals surface area contributed by atoms with Crippen molar-refractivity contribution < 1.29 is 45.4 Å². The summed E-state index contributed by atoms with van der Waals surface area (Å²) in [6, 6.07) is 6.12. The monoisotopic (exact) mass is 504 g/mol. The van der Waals surface area contributed by atoms with Crippen molar-refractivity contribution >= 4 is 11.9 Å². The van der Waals surface area contributed by atoms with Crippen LogP contribution < -0.4 is 0 Å². The molecule has 0 N–H and O–H groups in total. The van der Waals surface area contributed by atoms with Gasteiger partial charge in [-0.25, -0.2) is 9.59 Å². The molecule has 0 bridgehead atoms. The van der Waals surface area contributed by atoms with E-state index in [1.54, 1.807) is 27.7 Å². The fraction of sp³-hybridized carbons (Fsp3) is 0.440. The number of esters is 2. The smallest absolute Gasteiger partial charge is 0.411 e. The maximum atomic E-state index is 14.4. The predicted octanol–water partition coefficient (Wildman–Crippen LogP) is 7.01. The van der Waals surface area contributed by atoms with Gasteiger partial charge in [0.05, 0.1) is 23.3 Å². The molecule has 0 amide bonds. The van der Waals surface area contributed by atoms with E-state index in [-0.39, 0.29) is 5.56 Å². The maximum Gasteiger partial charge on any atom is 0.411 e. The second-order valence-corrected chi connectivity index (χ2v) is 8.15. The highest BCUT2D eigenvalue weighted by molar-refractivity contribution is 5.90. The molecular formula is C25H26F6O4. The van der Waals surface area contributed by atoms with Crippen LogP contribution in [0.25, 0.3) is 0 Å². The van der Waals surface area contributed by atoms with Crippen molar-refractivity contribution in [3.63, 3.8) is 0 Å². The van der Waals surface area contributed by atoms with Gasteiger partial charge in [0, 0.05) is 0 Å². The Morgan fingerprint density at radius 1 is 0.714 bits per heavy atom. The van der Waals surface area contributed by atoms with Crippen LogP contribution in [0.3, 0.4) is 0 Å². The molecular weight excluding hydrogens is 478 g/mol. The molecule has 10 heteroatoms. The molecule has 0 heterocycles. The summed E-state index contributed by atoms with van der Waals surface area (Å²) in [6.45, 7) is 6.60. The van der Waals surface area contributed by atoms with Crippen LogP contribution in [0.5, 0.6) is 0 Å². The number of ether oxygens (including phenoxy) is 2. The lowest BCUT2D eigenvalue weighted by molar-refractivity contribution is -0.288. The Labute approximate surface area is 199 Å². The lowest BCUT2D eigenvalue weighted by atomic mass is 9.72. The van der Waals surface area contributed by atoms with Gasteiger partial charge in [-0.05, 0) is 62.1 Å². The molecule has 2 aromatic rings. The average Bonchev–Trinajstić information content (AvgIpc) is 2.77. The van der Waals surface area contributed by atoms with Crippen LogP contribution in [-0.2, 0) is 14.9 Å². The summed E-state index contributed by atoms with van der Waals surface area (Å²) < 4.78 is 96.5. The first kappa shape index (κ1) is 28.2. The van der Waals surface area contributed by atoms with Crippen LogP contribution >= 0.6 is 0 Å². The molecule has 35 heavy (non-hydrogen) atoms. The largest absolute Gasteiger partial charge is 0.459 e. The van der Waals surface area contributed by atoms with E-state index in [0.717, 1.165) is 24.3 Å². The van der Waals surface area contributed by atoms with Crippen LogP contribution in [0.2, 0.25) is 0 Å². The van der Waals surface area contributed by atoms with Crippen molar-refractivity contribution in [1.82, 2.24) is 0 Å². The van der Waals surface area contributed by atoms with Crippen molar-refractivity contribution in [3.8, 4) is 0 Å². The van der Waals surface area contributed by atoms with Crippen molar-refractivity contribution in [2.24, 2.45) is 0 Å². The highest BCUT2D eigenvalue weighted by Gasteiger charge is 2.72. The molecule has 0 radical (unpaired) electrons. The lowest BCUT2D eigenvalue weighted by Gasteiger charge is -2.38. The Balaban J connectivity index is 2.67. The third kappa shape index (κ3) is 5.79. The molecule has 4 nitrogen and oxygen atoms in total. The fourth-order valence-electron chi connectivity index (χ4n) is 3.39. The van der Waals surface area contributed by atoms with Gasteiger partial charge < -0.3 is 9.47 Å². The van der Waals surface area contributed by atoms with Crippen LogP contribution in [0, 0.1) is 0 Å². The van der Waals surface area contributed by atoms with Crippen molar-refractivity contribution in [2.45, 2.75) is 70.5 Å².